The molecule has 0 aliphatic rings. The first kappa shape index (κ1) is 17.5. The molecule has 0 fully saturated rings. The molecule has 0 unspecified atom stereocenters. The Labute approximate surface area is 126 Å². The van der Waals surface area contributed by atoms with Crippen molar-refractivity contribution in [3.8, 4) is 0 Å². The standard InChI is InChI=1S/C14H23N3O3S/c1-5-16-13(18)9-17(6-2)21(19,20)14-10(3)7-12(15)8-11(14)4/h7-8H,5-6,9,15H2,1-4H3,(H,16,18). The quantitative estimate of drug-likeness (QED) is 0.767. The molecule has 0 saturated carbocycles. The summed E-state index contributed by atoms with van der Waals surface area (Å²) in [5.74, 6) is -0.311. The summed E-state index contributed by atoms with van der Waals surface area (Å²) in [6, 6.07) is 3.25. The first-order valence-electron chi connectivity index (χ1n) is 6.87. The van der Waals surface area contributed by atoms with Crippen LogP contribution >= 0.6 is 0 Å². The van der Waals surface area contributed by atoms with E-state index in [1.165, 1.54) is 4.31 Å². The molecule has 3 N–H and O–H groups in total. The maximum Gasteiger partial charge on any atom is 0.244 e. The molecule has 0 aromatic heterocycles. The predicted molar refractivity (Wildman–Crippen MR) is 83.4 cm³/mol. The average molecular weight is 313 g/mol. The van der Waals surface area contributed by atoms with Crippen molar-refractivity contribution in [3.63, 3.8) is 0 Å². The summed E-state index contributed by atoms with van der Waals surface area (Å²) >= 11 is 0. The fraction of sp³-hybridized carbons (Fsp3) is 0.500. The van der Waals surface area contributed by atoms with Gasteiger partial charge in [-0.25, -0.2) is 8.42 Å². The van der Waals surface area contributed by atoms with Gasteiger partial charge in [0, 0.05) is 18.8 Å². The Balaban J connectivity index is 3.23. The molecule has 0 aliphatic heterocycles. The van der Waals surface area contributed by atoms with Crippen molar-refractivity contribution in [2.75, 3.05) is 25.4 Å². The van der Waals surface area contributed by atoms with Gasteiger partial charge in [0.25, 0.3) is 0 Å². The minimum absolute atomic E-state index is 0.185. The van der Waals surface area contributed by atoms with Crippen molar-refractivity contribution in [2.45, 2.75) is 32.6 Å². The molecule has 0 heterocycles. The lowest BCUT2D eigenvalue weighted by atomic mass is 10.1. The first-order chi connectivity index (χ1) is 9.73. The number of sulfonamides is 1. The molecule has 1 amide bonds. The highest BCUT2D eigenvalue weighted by Crippen LogP contribution is 2.26. The number of carbonyl (C=O) groups is 1. The molecule has 118 valence electrons. The molecule has 1 aromatic carbocycles. The highest BCUT2D eigenvalue weighted by atomic mass is 32.2. The van der Waals surface area contributed by atoms with E-state index in [-0.39, 0.29) is 23.9 Å². The number of benzene rings is 1. The van der Waals surface area contributed by atoms with Crippen LogP contribution in [0.5, 0.6) is 0 Å². The van der Waals surface area contributed by atoms with Crippen LogP contribution in [-0.4, -0.2) is 38.3 Å². The van der Waals surface area contributed by atoms with E-state index in [4.69, 9.17) is 5.73 Å². The number of nitrogens with one attached hydrogen (secondary N) is 1. The third-order valence-corrected chi connectivity index (χ3v) is 5.35. The minimum Gasteiger partial charge on any atom is -0.399 e. The zero-order chi connectivity index (χ0) is 16.2. The molecule has 0 saturated heterocycles. The van der Waals surface area contributed by atoms with Gasteiger partial charge >= 0.3 is 0 Å². The Morgan fingerprint density at radius 2 is 1.76 bits per heavy atom. The number of hydrogen-bond donors (Lipinski definition) is 2. The Morgan fingerprint density at radius 3 is 2.19 bits per heavy atom. The number of nitrogens with zero attached hydrogens (tertiary/aromatic N) is 1. The molecule has 1 rings (SSSR count). The van der Waals surface area contributed by atoms with Gasteiger partial charge in [-0.15, -0.1) is 0 Å². The molecular formula is C14H23N3O3S. The van der Waals surface area contributed by atoms with E-state index < -0.39 is 10.0 Å². The van der Waals surface area contributed by atoms with Gasteiger partial charge in [-0.3, -0.25) is 4.79 Å². The Kier molecular flexibility index (Phi) is 5.74. The number of likely N-dealkylation sites (N-methyl/N-ethyl adjacent to an activating group) is 2. The third kappa shape index (κ3) is 3.95. The molecule has 0 atom stereocenters. The molecule has 0 aliphatic carbocycles. The Hall–Kier alpha value is -1.60. The van der Waals surface area contributed by atoms with Gasteiger partial charge in [0.15, 0.2) is 0 Å². The van der Waals surface area contributed by atoms with Gasteiger partial charge in [-0.1, -0.05) is 6.92 Å². The fourth-order valence-electron chi connectivity index (χ4n) is 2.30. The van der Waals surface area contributed by atoms with Crippen LogP contribution in [0.25, 0.3) is 0 Å². The van der Waals surface area contributed by atoms with E-state index in [0.717, 1.165) is 0 Å². The maximum atomic E-state index is 12.8. The van der Waals surface area contributed by atoms with Crippen molar-refractivity contribution in [1.29, 1.82) is 0 Å². The van der Waals surface area contributed by atoms with Crippen molar-refractivity contribution >= 4 is 21.6 Å². The number of rotatable bonds is 6. The average Bonchev–Trinajstić information content (AvgIpc) is 2.34. The number of hydrogen-bond acceptors (Lipinski definition) is 4. The molecule has 6 nitrogen and oxygen atoms in total. The maximum absolute atomic E-state index is 12.8. The van der Waals surface area contributed by atoms with Gasteiger partial charge in [0.1, 0.15) is 0 Å². The largest absolute Gasteiger partial charge is 0.399 e. The van der Waals surface area contributed by atoms with E-state index in [9.17, 15) is 13.2 Å². The van der Waals surface area contributed by atoms with Crippen LogP contribution in [-0.2, 0) is 14.8 Å². The highest BCUT2D eigenvalue weighted by molar-refractivity contribution is 7.89. The minimum atomic E-state index is -3.73. The highest BCUT2D eigenvalue weighted by Gasteiger charge is 2.28. The van der Waals surface area contributed by atoms with Gasteiger partial charge in [0.05, 0.1) is 11.4 Å². The van der Waals surface area contributed by atoms with Crippen LogP contribution in [0.2, 0.25) is 0 Å². The fourth-order valence-corrected chi connectivity index (χ4v) is 4.12. The predicted octanol–water partition coefficient (Wildman–Crippen LogP) is 1.03. The van der Waals surface area contributed by atoms with Gasteiger partial charge in [-0.2, -0.15) is 4.31 Å². The van der Waals surface area contributed by atoms with E-state index in [0.29, 0.717) is 23.4 Å². The number of nitrogens with two attached hydrogens (primary N) is 1. The van der Waals surface area contributed by atoms with Crippen LogP contribution in [0.3, 0.4) is 0 Å². The second-order valence-corrected chi connectivity index (χ2v) is 6.74. The third-order valence-electron chi connectivity index (χ3n) is 3.13. The van der Waals surface area contributed by atoms with Crippen LogP contribution in [0.15, 0.2) is 17.0 Å². The lowest BCUT2D eigenvalue weighted by Crippen LogP contribution is -2.40. The van der Waals surface area contributed by atoms with Crippen LogP contribution < -0.4 is 11.1 Å². The zero-order valence-electron chi connectivity index (χ0n) is 12.9. The molecule has 21 heavy (non-hydrogen) atoms. The molecule has 7 heteroatoms. The summed E-state index contributed by atoms with van der Waals surface area (Å²) in [5.41, 5.74) is 7.42. The molecule has 0 bridgehead atoms. The normalized spacial score (nSPS) is 11.7. The number of carbonyl (C=O) groups excluding carboxylic acids is 1. The van der Waals surface area contributed by atoms with Crippen LogP contribution in [0, 0.1) is 13.8 Å². The Bertz CT molecular complexity index is 603. The van der Waals surface area contributed by atoms with Crippen molar-refractivity contribution in [2.24, 2.45) is 0 Å². The topological polar surface area (TPSA) is 92.5 Å². The van der Waals surface area contributed by atoms with Crippen molar-refractivity contribution in [1.82, 2.24) is 9.62 Å². The molecule has 0 spiro atoms. The summed E-state index contributed by atoms with van der Waals surface area (Å²) in [6.45, 7) is 7.41. The monoisotopic (exact) mass is 313 g/mol. The smallest absolute Gasteiger partial charge is 0.244 e. The van der Waals surface area contributed by atoms with Gasteiger partial charge in [-0.05, 0) is 44.0 Å². The van der Waals surface area contributed by atoms with Crippen molar-refractivity contribution < 1.29 is 13.2 Å². The van der Waals surface area contributed by atoms with E-state index in [2.05, 4.69) is 5.32 Å². The summed E-state index contributed by atoms with van der Waals surface area (Å²) < 4.78 is 26.7. The number of anilines is 1. The second kappa shape index (κ2) is 6.91. The van der Waals surface area contributed by atoms with E-state index in [1.807, 2.05) is 0 Å². The first-order valence-corrected chi connectivity index (χ1v) is 8.31. The number of amides is 1. The summed E-state index contributed by atoms with van der Waals surface area (Å²) in [5, 5.41) is 2.61. The summed E-state index contributed by atoms with van der Waals surface area (Å²) in [6.07, 6.45) is 0. The molecule has 1 aromatic rings. The van der Waals surface area contributed by atoms with Crippen molar-refractivity contribution in [3.05, 3.63) is 23.3 Å². The molecular weight excluding hydrogens is 290 g/mol. The lowest BCUT2D eigenvalue weighted by molar-refractivity contribution is -0.121. The zero-order valence-corrected chi connectivity index (χ0v) is 13.8. The van der Waals surface area contributed by atoms with Crippen LogP contribution in [0.4, 0.5) is 5.69 Å². The van der Waals surface area contributed by atoms with Gasteiger partial charge in [0.2, 0.25) is 15.9 Å². The second-order valence-electron chi connectivity index (χ2n) is 4.87. The lowest BCUT2D eigenvalue weighted by Gasteiger charge is -2.22. The molecule has 0 radical (unpaired) electrons. The SMILES string of the molecule is CCNC(=O)CN(CC)S(=O)(=O)c1c(C)cc(N)cc1C. The van der Waals surface area contributed by atoms with Gasteiger partial charge < -0.3 is 11.1 Å². The number of aryl methyl sites for hydroxylation is 2. The summed E-state index contributed by atoms with van der Waals surface area (Å²) in [4.78, 5) is 11.9. The van der Waals surface area contributed by atoms with Crippen LogP contribution in [0.1, 0.15) is 25.0 Å². The number of nitrogen functional groups attached to an aromatic ring is 1. The van der Waals surface area contributed by atoms with E-state index in [1.54, 1.807) is 39.8 Å². The Morgan fingerprint density at radius 1 is 1.24 bits per heavy atom. The summed E-state index contributed by atoms with van der Waals surface area (Å²) in [7, 11) is -3.73. The van der Waals surface area contributed by atoms with E-state index >= 15 is 0 Å².